The number of fused-ring (bicyclic) bond motifs is 1. The minimum atomic E-state index is -0.473. The topological polar surface area (TPSA) is 73.8 Å². The summed E-state index contributed by atoms with van der Waals surface area (Å²) >= 11 is 6.20. The number of hydrogen-bond acceptors (Lipinski definition) is 4. The van der Waals surface area contributed by atoms with Gasteiger partial charge in [0.25, 0.3) is 0 Å². The summed E-state index contributed by atoms with van der Waals surface area (Å²) in [6.45, 7) is 0.205. The summed E-state index contributed by atoms with van der Waals surface area (Å²) in [6.07, 6.45) is 3.06. The largest absolute Gasteiger partial charge is 0.358 e. The van der Waals surface area contributed by atoms with Crippen LogP contribution in [-0.2, 0) is 6.54 Å². The quantitative estimate of drug-likeness (QED) is 0.548. The van der Waals surface area contributed by atoms with Gasteiger partial charge < -0.3 is 10.1 Å². The van der Waals surface area contributed by atoms with Crippen LogP contribution in [0.5, 0.6) is 0 Å². The van der Waals surface area contributed by atoms with Crippen LogP contribution in [0.3, 0.4) is 0 Å². The van der Waals surface area contributed by atoms with Crippen LogP contribution in [0, 0.1) is 10.1 Å². The van der Waals surface area contributed by atoms with Crippen molar-refractivity contribution >= 4 is 28.3 Å². The van der Waals surface area contributed by atoms with Gasteiger partial charge in [0.15, 0.2) is 0 Å². The standard InChI is InChI=1S/C13H9ClN4O2/c14-11-4-3-9-2-1-6-15-13(9)10(11)8-17-12(18(19)20)5-7-16-17/h1-7H,8H2. The van der Waals surface area contributed by atoms with Gasteiger partial charge in [-0.1, -0.05) is 28.8 Å². The molecule has 0 atom stereocenters. The van der Waals surface area contributed by atoms with Crippen LogP contribution in [0.4, 0.5) is 5.82 Å². The van der Waals surface area contributed by atoms with Crippen molar-refractivity contribution in [3.05, 3.63) is 63.4 Å². The molecule has 0 radical (unpaired) electrons. The van der Waals surface area contributed by atoms with E-state index in [0.29, 0.717) is 5.02 Å². The molecule has 7 heteroatoms. The first-order valence-electron chi connectivity index (χ1n) is 5.85. The zero-order valence-corrected chi connectivity index (χ0v) is 11.0. The predicted octanol–water partition coefficient (Wildman–Crippen LogP) is 3.04. The lowest BCUT2D eigenvalue weighted by atomic mass is 10.1. The molecule has 0 aliphatic heterocycles. The number of aromatic nitrogens is 3. The molecule has 0 saturated carbocycles. The average molecular weight is 289 g/mol. The van der Waals surface area contributed by atoms with Gasteiger partial charge in [0.2, 0.25) is 0 Å². The summed E-state index contributed by atoms with van der Waals surface area (Å²) in [7, 11) is 0. The molecule has 100 valence electrons. The Labute approximate surface area is 118 Å². The van der Waals surface area contributed by atoms with E-state index >= 15 is 0 Å². The van der Waals surface area contributed by atoms with Crippen molar-refractivity contribution in [2.75, 3.05) is 0 Å². The molecule has 6 nitrogen and oxygen atoms in total. The molecule has 0 saturated heterocycles. The number of benzene rings is 1. The molecule has 0 spiro atoms. The summed E-state index contributed by atoms with van der Waals surface area (Å²) in [6, 6.07) is 8.73. The fraction of sp³-hybridized carbons (Fsp3) is 0.0769. The Hall–Kier alpha value is -2.47. The highest BCUT2D eigenvalue weighted by atomic mass is 35.5. The van der Waals surface area contributed by atoms with Gasteiger partial charge in [-0.2, -0.15) is 0 Å². The molecule has 20 heavy (non-hydrogen) atoms. The summed E-state index contributed by atoms with van der Waals surface area (Å²) in [5.74, 6) is -0.0750. The van der Waals surface area contributed by atoms with E-state index in [4.69, 9.17) is 11.6 Å². The fourth-order valence-electron chi connectivity index (χ4n) is 2.08. The van der Waals surface area contributed by atoms with E-state index in [1.165, 1.54) is 16.9 Å². The van der Waals surface area contributed by atoms with Gasteiger partial charge in [-0.3, -0.25) is 4.98 Å². The van der Waals surface area contributed by atoms with Crippen LogP contribution in [0.15, 0.2) is 42.7 Å². The van der Waals surface area contributed by atoms with E-state index in [-0.39, 0.29) is 12.4 Å². The smallest absolute Gasteiger partial charge is 0.345 e. The van der Waals surface area contributed by atoms with E-state index in [0.717, 1.165) is 16.5 Å². The highest BCUT2D eigenvalue weighted by molar-refractivity contribution is 6.32. The Morgan fingerprint density at radius 1 is 1.25 bits per heavy atom. The van der Waals surface area contributed by atoms with Crippen molar-refractivity contribution < 1.29 is 4.92 Å². The maximum absolute atomic E-state index is 10.9. The molecular formula is C13H9ClN4O2. The molecule has 3 rings (SSSR count). The number of hydrogen-bond donors (Lipinski definition) is 0. The molecule has 0 N–H and O–H groups in total. The third-order valence-electron chi connectivity index (χ3n) is 3.01. The first-order valence-corrected chi connectivity index (χ1v) is 6.23. The highest BCUT2D eigenvalue weighted by Crippen LogP contribution is 2.26. The zero-order valence-electron chi connectivity index (χ0n) is 10.2. The molecule has 1 aromatic carbocycles. The Bertz CT molecular complexity index is 800. The van der Waals surface area contributed by atoms with Gasteiger partial charge in [0.05, 0.1) is 17.8 Å². The van der Waals surface area contributed by atoms with Crippen LogP contribution in [0.2, 0.25) is 5.02 Å². The van der Waals surface area contributed by atoms with E-state index in [1.54, 1.807) is 12.3 Å². The molecule has 0 bridgehead atoms. The Morgan fingerprint density at radius 2 is 2.10 bits per heavy atom. The average Bonchev–Trinajstić information content (AvgIpc) is 2.90. The second-order valence-corrected chi connectivity index (χ2v) is 4.61. The highest BCUT2D eigenvalue weighted by Gasteiger charge is 2.17. The van der Waals surface area contributed by atoms with Crippen LogP contribution in [0.25, 0.3) is 10.9 Å². The molecule has 2 aromatic heterocycles. The van der Waals surface area contributed by atoms with Crippen LogP contribution in [-0.4, -0.2) is 19.7 Å². The SMILES string of the molecule is O=[N+]([O-])c1ccnn1Cc1c(Cl)ccc2cccnc12. The molecule has 0 aliphatic carbocycles. The zero-order chi connectivity index (χ0) is 14.1. The van der Waals surface area contributed by atoms with Crippen LogP contribution < -0.4 is 0 Å². The number of nitro groups is 1. The normalized spacial score (nSPS) is 10.8. The van der Waals surface area contributed by atoms with Crippen molar-refractivity contribution in [1.29, 1.82) is 0 Å². The molecule has 0 unspecified atom stereocenters. The van der Waals surface area contributed by atoms with Gasteiger partial charge in [0, 0.05) is 22.2 Å². The molecular weight excluding hydrogens is 280 g/mol. The number of nitrogens with zero attached hydrogens (tertiary/aromatic N) is 4. The summed E-state index contributed by atoms with van der Waals surface area (Å²) in [4.78, 5) is 14.7. The van der Waals surface area contributed by atoms with Crippen molar-refractivity contribution in [1.82, 2.24) is 14.8 Å². The van der Waals surface area contributed by atoms with Gasteiger partial charge in [-0.15, -0.1) is 4.68 Å². The summed E-state index contributed by atoms with van der Waals surface area (Å²) in [5, 5.41) is 16.3. The summed E-state index contributed by atoms with van der Waals surface area (Å²) < 4.78 is 1.30. The summed E-state index contributed by atoms with van der Waals surface area (Å²) in [5.41, 5.74) is 1.45. The van der Waals surface area contributed by atoms with Crippen LogP contribution in [0.1, 0.15) is 5.56 Å². The maximum atomic E-state index is 10.9. The van der Waals surface area contributed by atoms with E-state index < -0.39 is 4.92 Å². The molecule has 2 heterocycles. The number of pyridine rings is 1. The van der Waals surface area contributed by atoms with Crippen molar-refractivity contribution in [3.63, 3.8) is 0 Å². The van der Waals surface area contributed by atoms with Gasteiger partial charge in [0.1, 0.15) is 6.54 Å². The van der Waals surface area contributed by atoms with E-state index in [2.05, 4.69) is 10.1 Å². The monoisotopic (exact) mass is 288 g/mol. The van der Waals surface area contributed by atoms with Crippen molar-refractivity contribution in [2.24, 2.45) is 0 Å². The van der Waals surface area contributed by atoms with Gasteiger partial charge in [-0.25, -0.2) is 0 Å². The minimum Gasteiger partial charge on any atom is -0.358 e. The Balaban J connectivity index is 2.13. The fourth-order valence-corrected chi connectivity index (χ4v) is 2.30. The third kappa shape index (κ3) is 2.10. The van der Waals surface area contributed by atoms with Gasteiger partial charge in [-0.05, 0) is 17.1 Å². The molecule has 0 aliphatic rings. The second-order valence-electron chi connectivity index (χ2n) is 4.21. The van der Waals surface area contributed by atoms with Crippen LogP contribution >= 0.6 is 11.6 Å². The molecule has 0 amide bonds. The maximum Gasteiger partial charge on any atom is 0.345 e. The first kappa shape index (κ1) is 12.6. The first-order chi connectivity index (χ1) is 9.66. The predicted molar refractivity (Wildman–Crippen MR) is 74.7 cm³/mol. The molecule has 3 aromatic rings. The Kier molecular flexibility index (Phi) is 3.08. The van der Waals surface area contributed by atoms with E-state index in [9.17, 15) is 10.1 Å². The number of halogens is 1. The van der Waals surface area contributed by atoms with E-state index in [1.807, 2.05) is 18.2 Å². The minimum absolute atomic E-state index is 0.0750. The Morgan fingerprint density at radius 3 is 2.90 bits per heavy atom. The third-order valence-corrected chi connectivity index (χ3v) is 3.37. The van der Waals surface area contributed by atoms with Gasteiger partial charge >= 0.3 is 5.82 Å². The lowest BCUT2D eigenvalue weighted by Crippen LogP contribution is -2.07. The number of rotatable bonds is 3. The lowest BCUT2D eigenvalue weighted by molar-refractivity contribution is -0.392. The van der Waals surface area contributed by atoms with Crippen molar-refractivity contribution in [2.45, 2.75) is 6.54 Å². The van der Waals surface area contributed by atoms with Crippen molar-refractivity contribution in [3.8, 4) is 0 Å². The second kappa shape index (κ2) is 4.90. The lowest BCUT2D eigenvalue weighted by Gasteiger charge is -2.06. The molecule has 0 fully saturated rings.